The van der Waals surface area contributed by atoms with Crippen LogP contribution in [0.3, 0.4) is 0 Å². The molecule has 0 unspecified atom stereocenters. The Hall–Kier alpha value is -2.02. The molecule has 0 aromatic heterocycles. The first-order valence-corrected chi connectivity index (χ1v) is 6.70. The van der Waals surface area contributed by atoms with Gasteiger partial charge in [0.25, 0.3) is 0 Å². The van der Waals surface area contributed by atoms with Gasteiger partial charge < -0.3 is 10.6 Å². The van der Waals surface area contributed by atoms with Crippen LogP contribution in [0.1, 0.15) is 24.1 Å². The van der Waals surface area contributed by atoms with Crippen LogP contribution in [0.2, 0.25) is 5.02 Å². The Morgan fingerprint density at radius 2 is 1.90 bits per heavy atom. The van der Waals surface area contributed by atoms with Gasteiger partial charge in [-0.25, -0.2) is 0 Å². The van der Waals surface area contributed by atoms with E-state index >= 15 is 0 Å². The van der Waals surface area contributed by atoms with Crippen LogP contribution in [0.15, 0.2) is 42.5 Å². The topological polar surface area (TPSA) is 53.0 Å². The Balaban J connectivity index is 2.44. The van der Waals surface area contributed by atoms with Crippen molar-refractivity contribution in [3.63, 3.8) is 0 Å². The highest BCUT2D eigenvalue weighted by Crippen LogP contribution is 2.33. The molecule has 0 aliphatic carbocycles. The second-order valence-corrected chi connectivity index (χ2v) is 5.09. The largest absolute Gasteiger partial charge is 0.342 e. The molecule has 0 spiro atoms. The standard InChI is InChI=1S/C16H16ClN3/c1-11(19)12-7-8-16(14(17)9-12)20(2)15-6-4-3-5-13(15)10-18/h3-9,11H,19H2,1-2H3/t11-/m1/s1. The Kier molecular flexibility index (Phi) is 4.29. The molecule has 20 heavy (non-hydrogen) atoms. The quantitative estimate of drug-likeness (QED) is 0.927. The fraction of sp³-hybridized carbons (Fsp3) is 0.188. The van der Waals surface area contributed by atoms with Crippen molar-refractivity contribution in [2.75, 3.05) is 11.9 Å². The highest BCUT2D eigenvalue weighted by atomic mass is 35.5. The molecular weight excluding hydrogens is 270 g/mol. The predicted molar refractivity (Wildman–Crippen MR) is 83.3 cm³/mol. The Morgan fingerprint density at radius 1 is 1.20 bits per heavy atom. The van der Waals surface area contributed by atoms with Gasteiger partial charge in [-0.05, 0) is 36.8 Å². The lowest BCUT2D eigenvalue weighted by Gasteiger charge is -2.22. The van der Waals surface area contributed by atoms with Crippen molar-refractivity contribution in [2.45, 2.75) is 13.0 Å². The Morgan fingerprint density at radius 3 is 2.50 bits per heavy atom. The summed E-state index contributed by atoms with van der Waals surface area (Å²) >= 11 is 6.33. The van der Waals surface area contributed by atoms with Crippen molar-refractivity contribution in [3.05, 3.63) is 58.6 Å². The number of nitriles is 1. The second-order valence-electron chi connectivity index (χ2n) is 4.69. The molecule has 0 saturated carbocycles. The van der Waals surface area contributed by atoms with E-state index < -0.39 is 0 Å². The summed E-state index contributed by atoms with van der Waals surface area (Å²) in [6.07, 6.45) is 0. The number of rotatable bonds is 3. The fourth-order valence-corrected chi connectivity index (χ4v) is 2.38. The van der Waals surface area contributed by atoms with E-state index in [0.29, 0.717) is 10.6 Å². The maximum atomic E-state index is 9.17. The molecule has 2 rings (SSSR count). The van der Waals surface area contributed by atoms with Crippen molar-refractivity contribution in [2.24, 2.45) is 5.73 Å². The van der Waals surface area contributed by atoms with Gasteiger partial charge in [-0.3, -0.25) is 0 Å². The summed E-state index contributed by atoms with van der Waals surface area (Å²) in [4.78, 5) is 1.91. The summed E-state index contributed by atoms with van der Waals surface area (Å²) in [5, 5.41) is 9.79. The predicted octanol–water partition coefficient (Wildman–Crippen LogP) is 4.00. The summed E-state index contributed by atoms with van der Waals surface area (Å²) in [5.74, 6) is 0. The van der Waals surface area contributed by atoms with Crippen molar-refractivity contribution >= 4 is 23.0 Å². The average Bonchev–Trinajstić information content (AvgIpc) is 2.46. The van der Waals surface area contributed by atoms with Gasteiger partial charge in [0.2, 0.25) is 0 Å². The zero-order chi connectivity index (χ0) is 14.7. The first-order valence-electron chi connectivity index (χ1n) is 6.32. The summed E-state index contributed by atoms with van der Waals surface area (Å²) in [5.41, 5.74) is 9.12. The lowest BCUT2D eigenvalue weighted by Crippen LogP contribution is -2.12. The van der Waals surface area contributed by atoms with Gasteiger partial charge in [-0.1, -0.05) is 29.8 Å². The third-order valence-electron chi connectivity index (χ3n) is 3.24. The summed E-state index contributed by atoms with van der Waals surface area (Å²) in [6, 6.07) is 15.3. The van der Waals surface area contributed by atoms with Gasteiger partial charge in [-0.15, -0.1) is 0 Å². The van der Waals surface area contributed by atoms with Gasteiger partial charge in [0.15, 0.2) is 0 Å². The maximum absolute atomic E-state index is 9.17. The highest BCUT2D eigenvalue weighted by molar-refractivity contribution is 6.33. The molecule has 0 amide bonds. The van der Waals surface area contributed by atoms with E-state index in [4.69, 9.17) is 17.3 Å². The van der Waals surface area contributed by atoms with Gasteiger partial charge in [0, 0.05) is 13.1 Å². The minimum atomic E-state index is -0.0572. The molecule has 3 nitrogen and oxygen atoms in total. The zero-order valence-electron chi connectivity index (χ0n) is 11.5. The minimum Gasteiger partial charge on any atom is -0.342 e. The third kappa shape index (κ3) is 2.77. The molecular formula is C16H16ClN3. The Bertz CT molecular complexity index is 659. The van der Waals surface area contributed by atoms with Gasteiger partial charge in [0.05, 0.1) is 22.0 Å². The Labute approximate surface area is 124 Å². The molecule has 102 valence electrons. The smallest absolute Gasteiger partial charge is 0.101 e. The van der Waals surface area contributed by atoms with Crippen LogP contribution in [0.5, 0.6) is 0 Å². The van der Waals surface area contributed by atoms with Crippen LogP contribution < -0.4 is 10.6 Å². The van der Waals surface area contributed by atoms with Crippen LogP contribution in [-0.2, 0) is 0 Å². The number of anilines is 2. The van der Waals surface area contributed by atoms with Crippen LogP contribution in [0.25, 0.3) is 0 Å². The van der Waals surface area contributed by atoms with Crippen molar-refractivity contribution in [1.29, 1.82) is 5.26 Å². The van der Waals surface area contributed by atoms with Crippen LogP contribution >= 0.6 is 11.6 Å². The molecule has 0 fully saturated rings. The van der Waals surface area contributed by atoms with Crippen molar-refractivity contribution in [3.8, 4) is 6.07 Å². The van der Waals surface area contributed by atoms with E-state index in [2.05, 4.69) is 6.07 Å². The minimum absolute atomic E-state index is 0.0572. The molecule has 0 aliphatic heterocycles. The molecule has 4 heteroatoms. The van der Waals surface area contributed by atoms with Gasteiger partial charge in [-0.2, -0.15) is 5.26 Å². The van der Waals surface area contributed by atoms with E-state index in [-0.39, 0.29) is 6.04 Å². The molecule has 1 atom stereocenters. The fourth-order valence-electron chi connectivity index (χ4n) is 2.07. The number of nitrogens with zero attached hydrogens (tertiary/aromatic N) is 2. The number of nitrogens with two attached hydrogens (primary N) is 1. The molecule has 0 bridgehead atoms. The van der Waals surface area contributed by atoms with E-state index in [1.54, 1.807) is 6.07 Å². The summed E-state index contributed by atoms with van der Waals surface area (Å²) < 4.78 is 0. The number of hydrogen-bond donors (Lipinski definition) is 1. The highest BCUT2D eigenvalue weighted by Gasteiger charge is 2.12. The van der Waals surface area contributed by atoms with Crippen LogP contribution in [-0.4, -0.2) is 7.05 Å². The first-order chi connectivity index (χ1) is 9.54. The molecule has 0 aliphatic rings. The average molecular weight is 286 g/mol. The van der Waals surface area contributed by atoms with Crippen molar-refractivity contribution in [1.82, 2.24) is 0 Å². The van der Waals surface area contributed by atoms with Crippen LogP contribution in [0, 0.1) is 11.3 Å². The lowest BCUT2D eigenvalue weighted by molar-refractivity contribution is 0.818. The summed E-state index contributed by atoms with van der Waals surface area (Å²) in [6.45, 7) is 1.92. The molecule has 2 aromatic carbocycles. The second kappa shape index (κ2) is 5.96. The number of benzene rings is 2. The number of hydrogen-bond acceptors (Lipinski definition) is 3. The van der Waals surface area contributed by atoms with Crippen molar-refractivity contribution < 1.29 is 0 Å². The SMILES string of the molecule is C[C@@H](N)c1ccc(N(C)c2ccccc2C#N)c(Cl)c1. The number of para-hydroxylation sites is 1. The third-order valence-corrected chi connectivity index (χ3v) is 3.55. The van der Waals surface area contributed by atoms with E-state index in [1.165, 1.54) is 0 Å². The lowest BCUT2D eigenvalue weighted by atomic mass is 10.1. The molecule has 2 aromatic rings. The summed E-state index contributed by atoms with van der Waals surface area (Å²) in [7, 11) is 1.89. The maximum Gasteiger partial charge on any atom is 0.101 e. The number of halogens is 1. The van der Waals surface area contributed by atoms with E-state index in [9.17, 15) is 5.26 Å². The van der Waals surface area contributed by atoms with Gasteiger partial charge in [0.1, 0.15) is 6.07 Å². The molecule has 0 radical (unpaired) electrons. The van der Waals surface area contributed by atoms with Gasteiger partial charge >= 0.3 is 0 Å². The van der Waals surface area contributed by atoms with E-state index in [1.807, 2.05) is 55.3 Å². The zero-order valence-corrected chi connectivity index (χ0v) is 12.2. The van der Waals surface area contributed by atoms with E-state index in [0.717, 1.165) is 16.9 Å². The normalized spacial score (nSPS) is 11.8. The first kappa shape index (κ1) is 14.4. The molecule has 2 N–H and O–H groups in total. The monoisotopic (exact) mass is 285 g/mol. The molecule has 0 saturated heterocycles. The molecule has 0 heterocycles. The van der Waals surface area contributed by atoms with Crippen LogP contribution in [0.4, 0.5) is 11.4 Å².